The third kappa shape index (κ3) is 2.80. The maximum Gasteiger partial charge on any atom is 0.256 e. The minimum absolute atomic E-state index is 0.0126. The third-order valence-electron chi connectivity index (χ3n) is 6.93. The van der Waals surface area contributed by atoms with Gasteiger partial charge in [-0.05, 0) is 36.9 Å². The van der Waals surface area contributed by atoms with E-state index >= 15 is 0 Å². The first kappa shape index (κ1) is 20.0. The number of halogens is 1. The lowest BCUT2D eigenvalue weighted by Gasteiger charge is -2.55. The summed E-state index contributed by atoms with van der Waals surface area (Å²) in [6, 6.07) is 12.0. The highest BCUT2D eigenvalue weighted by atomic mass is 19.1. The molecule has 1 saturated heterocycles. The first-order valence-electron chi connectivity index (χ1n) is 10.4. The second-order valence-corrected chi connectivity index (χ2v) is 8.74. The number of methoxy groups -OCH3 is 1. The van der Waals surface area contributed by atoms with Crippen molar-refractivity contribution in [3.8, 4) is 5.75 Å². The maximum atomic E-state index is 14.2. The fourth-order valence-electron chi connectivity index (χ4n) is 5.50. The first-order valence-corrected chi connectivity index (χ1v) is 10.4. The molecule has 0 unspecified atom stereocenters. The predicted octanol–water partition coefficient (Wildman–Crippen LogP) is 2.70. The summed E-state index contributed by atoms with van der Waals surface area (Å²) in [6.07, 6.45) is 0. The van der Waals surface area contributed by atoms with Crippen molar-refractivity contribution in [2.45, 2.75) is 11.5 Å². The molecule has 2 aliphatic heterocycles. The van der Waals surface area contributed by atoms with Crippen LogP contribution in [0.3, 0.4) is 0 Å². The molecule has 3 aromatic rings. The zero-order valence-corrected chi connectivity index (χ0v) is 17.9. The molecule has 7 heteroatoms. The molecular weight excluding hydrogens is 397 g/mol. The second kappa shape index (κ2) is 7.07. The molecule has 1 amide bonds. The lowest BCUT2D eigenvalue weighted by atomic mass is 9.68. The number of benzene rings is 2. The van der Waals surface area contributed by atoms with Gasteiger partial charge in [0.1, 0.15) is 11.6 Å². The van der Waals surface area contributed by atoms with Crippen molar-refractivity contribution < 1.29 is 19.0 Å². The summed E-state index contributed by atoms with van der Waals surface area (Å²) < 4.78 is 21.7. The molecule has 1 spiro atoms. The van der Waals surface area contributed by atoms with Gasteiger partial charge in [-0.1, -0.05) is 12.1 Å². The normalized spacial score (nSPS) is 20.0. The van der Waals surface area contributed by atoms with E-state index in [0.29, 0.717) is 13.1 Å². The number of hydrogen-bond donors (Lipinski definition) is 1. The van der Waals surface area contributed by atoms with Crippen LogP contribution in [0.1, 0.15) is 27.7 Å². The molecule has 0 aliphatic carbocycles. The van der Waals surface area contributed by atoms with Gasteiger partial charge >= 0.3 is 0 Å². The SMILES string of the molecule is COc1ccc2c3c(n(C)c2c1)[C@H](CO)N(C)CC31CN(C(=O)c2ccccc2F)C1. The fraction of sp³-hybridized carbons (Fsp3) is 0.375. The van der Waals surface area contributed by atoms with Crippen LogP contribution in [0, 0.1) is 5.82 Å². The molecule has 0 bridgehead atoms. The van der Waals surface area contributed by atoms with Gasteiger partial charge in [0.15, 0.2) is 0 Å². The monoisotopic (exact) mass is 423 g/mol. The number of rotatable bonds is 3. The number of carbonyl (C=O) groups is 1. The number of hydrogen-bond acceptors (Lipinski definition) is 4. The third-order valence-corrected chi connectivity index (χ3v) is 6.93. The molecule has 1 N–H and O–H groups in total. The largest absolute Gasteiger partial charge is 0.497 e. The van der Waals surface area contributed by atoms with Crippen molar-refractivity contribution in [2.75, 3.05) is 40.4 Å². The number of amides is 1. The molecular formula is C24H26FN3O3. The molecule has 1 aromatic heterocycles. The van der Waals surface area contributed by atoms with Crippen LogP contribution in [-0.2, 0) is 12.5 Å². The number of carbonyl (C=O) groups excluding carboxylic acids is 1. The van der Waals surface area contributed by atoms with Gasteiger partial charge < -0.3 is 19.3 Å². The van der Waals surface area contributed by atoms with Crippen molar-refractivity contribution in [3.63, 3.8) is 0 Å². The lowest BCUT2D eigenvalue weighted by Crippen LogP contribution is -2.67. The molecule has 3 heterocycles. The zero-order valence-electron chi connectivity index (χ0n) is 17.9. The Balaban J connectivity index is 1.59. The van der Waals surface area contributed by atoms with E-state index < -0.39 is 5.82 Å². The van der Waals surface area contributed by atoms with E-state index in [0.717, 1.165) is 28.9 Å². The summed E-state index contributed by atoms with van der Waals surface area (Å²) in [5.41, 5.74) is 3.14. The van der Waals surface area contributed by atoms with Gasteiger partial charge in [0.05, 0.1) is 30.8 Å². The number of ether oxygens (including phenoxy) is 1. The van der Waals surface area contributed by atoms with Crippen molar-refractivity contribution in [3.05, 3.63) is 65.1 Å². The summed E-state index contributed by atoms with van der Waals surface area (Å²) in [7, 11) is 5.66. The van der Waals surface area contributed by atoms with Crippen LogP contribution >= 0.6 is 0 Å². The Hall–Kier alpha value is -2.90. The number of likely N-dealkylation sites (tertiary alicyclic amines) is 1. The van der Waals surface area contributed by atoms with Gasteiger partial charge in [-0.15, -0.1) is 0 Å². The van der Waals surface area contributed by atoms with E-state index in [2.05, 4.69) is 15.5 Å². The Morgan fingerprint density at radius 2 is 1.94 bits per heavy atom. The Bertz CT molecular complexity index is 1180. The summed E-state index contributed by atoms with van der Waals surface area (Å²) in [6.45, 7) is 1.76. The topological polar surface area (TPSA) is 57.9 Å². The Kier molecular flexibility index (Phi) is 4.57. The molecule has 31 heavy (non-hydrogen) atoms. The van der Waals surface area contributed by atoms with Crippen molar-refractivity contribution in [1.29, 1.82) is 0 Å². The number of aliphatic hydroxyl groups is 1. The molecule has 5 rings (SSSR count). The van der Waals surface area contributed by atoms with Crippen LogP contribution in [0.25, 0.3) is 10.9 Å². The fourth-order valence-corrected chi connectivity index (χ4v) is 5.50. The molecule has 6 nitrogen and oxygen atoms in total. The molecule has 162 valence electrons. The molecule has 0 saturated carbocycles. The van der Waals surface area contributed by atoms with Crippen LogP contribution in [0.5, 0.6) is 5.75 Å². The summed E-state index contributed by atoms with van der Waals surface area (Å²) in [5.74, 6) is 0.00461. The van der Waals surface area contributed by atoms with Crippen molar-refractivity contribution >= 4 is 16.8 Å². The molecule has 1 fully saturated rings. The molecule has 2 aromatic carbocycles. The zero-order chi connectivity index (χ0) is 21.9. The number of aryl methyl sites for hydroxylation is 1. The highest BCUT2D eigenvalue weighted by Crippen LogP contribution is 2.49. The van der Waals surface area contributed by atoms with Crippen LogP contribution < -0.4 is 4.74 Å². The molecule has 1 atom stereocenters. The quantitative estimate of drug-likeness (QED) is 0.704. The highest BCUT2D eigenvalue weighted by molar-refractivity contribution is 5.96. The summed E-state index contributed by atoms with van der Waals surface area (Å²) in [5, 5.41) is 11.3. The minimum atomic E-state index is -0.493. The average molecular weight is 423 g/mol. The van der Waals surface area contributed by atoms with Gasteiger partial charge in [-0.2, -0.15) is 0 Å². The van der Waals surface area contributed by atoms with Crippen LogP contribution in [0.15, 0.2) is 42.5 Å². The van der Waals surface area contributed by atoms with Gasteiger partial charge in [-0.3, -0.25) is 9.69 Å². The van der Waals surface area contributed by atoms with E-state index in [4.69, 9.17) is 4.74 Å². The second-order valence-electron chi connectivity index (χ2n) is 8.74. The first-order chi connectivity index (χ1) is 14.9. The summed E-state index contributed by atoms with van der Waals surface area (Å²) in [4.78, 5) is 16.8. The van der Waals surface area contributed by atoms with Crippen molar-refractivity contribution in [2.24, 2.45) is 7.05 Å². The van der Waals surface area contributed by atoms with Crippen LogP contribution in [0.4, 0.5) is 4.39 Å². The Morgan fingerprint density at radius 1 is 1.19 bits per heavy atom. The number of aliphatic hydroxyl groups excluding tert-OH is 1. The maximum absolute atomic E-state index is 14.2. The molecule has 2 aliphatic rings. The average Bonchev–Trinajstić information content (AvgIpc) is 3.04. The van der Waals surface area contributed by atoms with Crippen LogP contribution in [-0.4, -0.2) is 65.8 Å². The van der Waals surface area contributed by atoms with Crippen molar-refractivity contribution in [1.82, 2.24) is 14.4 Å². The number of nitrogens with zero attached hydrogens (tertiary/aromatic N) is 3. The summed E-state index contributed by atoms with van der Waals surface area (Å²) >= 11 is 0. The van der Waals surface area contributed by atoms with E-state index in [1.54, 1.807) is 24.1 Å². The van der Waals surface area contributed by atoms with Gasteiger partial charge in [0.2, 0.25) is 0 Å². The van der Waals surface area contributed by atoms with Gasteiger partial charge in [0, 0.05) is 49.2 Å². The lowest BCUT2D eigenvalue weighted by molar-refractivity contribution is 0.00734. The van der Waals surface area contributed by atoms with Gasteiger partial charge in [-0.25, -0.2) is 4.39 Å². The number of likely N-dealkylation sites (N-methyl/N-ethyl adjacent to an activating group) is 1. The van der Waals surface area contributed by atoms with E-state index in [1.807, 2.05) is 26.2 Å². The Morgan fingerprint density at radius 3 is 2.61 bits per heavy atom. The standard InChI is InChI=1S/C24H26FN3O3/c1-26-12-24(13-28(14-24)23(30)16-6-4-5-7-18(16)25)21-17-9-8-15(31-3)10-19(17)27(2)22(21)20(26)11-29/h4-10,20,29H,11-14H2,1-3H3/t20-/m0/s1. The van der Waals surface area contributed by atoms with Crippen LogP contribution in [0.2, 0.25) is 0 Å². The minimum Gasteiger partial charge on any atom is -0.497 e. The smallest absolute Gasteiger partial charge is 0.256 e. The Labute approximate surface area is 180 Å². The molecule has 0 radical (unpaired) electrons. The highest BCUT2D eigenvalue weighted by Gasteiger charge is 2.54. The van der Waals surface area contributed by atoms with E-state index in [9.17, 15) is 14.3 Å². The van der Waals surface area contributed by atoms with E-state index in [-0.39, 0.29) is 29.5 Å². The van der Waals surface area contributed by atoms with E-state index in [1.165, 1.54) is 17.7 Å². The number of fused-ring (bicyclic) bond motifs is 4. The number of aromatic nitrogens is 1. The predicted molar refractivity (Wildman–Crippen MR) is 116 cm³/mol. The van der Waals surface area contributed by atoms with Gasteiger partial charge in [0.25, 0.3) is 5.91 Å².